The largest absolute Gasteiger partial charge is 0.444 e. The Bertz CT molecular complexity index is 774. The SMILES string of the molecule is Cn1c(Cl)ccc1-c1ccc(C2CCCN(C(=O)OC(C)(C)C)C2)cc1. The van der Waals surface area contributed by atoms with Gasteiger partial charge in [-0.25, -0.2) is 4.79 Å². The quantitative estimate of drug-likeness (QED) is 0.699. The van der Waals surface area contributed by atoms with Gasteiger partial charge in [-0.2, -0.15) is 0 Å². The topological polar surface area (TPSA) is 34.5 Å². The molecular weight excluding hydrogens is 348 g/mol. The minimum atomic E-state index is -0.456. The van der Waals surface area contributed by atoms with Crippen molar-refractivity contribution in [3.63, 3.8) is 0 Å². The second kappa shape index (κ2) is 7.36. The highest BCUT2D eigenvalue weighted by Crippen LogP contribution is 2.30. The standard InChI is InChI=1S/C21H27ClN2O2/c1-21(2,3)26-20(25)24-13-5-6-17(14-24)15-7-9-16(10-8-15)18-11-12-19(22)23(18)4/h7-12,17H,5-6,13-14H2,1-4H3. The van der Waals surface area contributed by atoms with Crippen molar-refractivity contribution < 1.29 is 9.53 Å². The number of amides is 1. The summed E-state index contributed by atoms with van der Waals surface area (Å²) >= 11 is 6.14. The number of ether oxygens (including phenoxy) is 1. The fraction of sp³-hybridized carbons (Fsp3) is 0.476. The number of carbonyl (C=O) groups excluding carboxylic acids is 1. The van der Waals surface area contributed by atoms with E-state index in [1.807, 2.05) is 49.4 Å². The molecule has 1 aliphatic heterocycles. The van der Waals surface area contributed by atoms with Gasteiger partial charge in [-0.15, -0.1) is 0 Å². The minimum absolute atomic E-state index is 0.211. The molecule has 3 rings (SSSR count). The Morgan fingerprint density at radius 1 is 1.15 bits per heavy atom. The Morgan fingerprint density at radius 2 is 1.85 bits per heavy atom. The fourth-order valence-electron chi connectivity index (χ4n) is 3.44. The highest BCUT2D eigenvalue weighted by atomic mass is 35.5. The summed E-state index contributed by atoms with van der Waals surface area (Å²) in [5.41, 5.74) is 3.05. The van der Waals surface area contributed by atoms with Gasteiger partial charge in [0.1, 0.15) is 10.8 Å². The molecule has 0 bridgehead atoms. The maximum Gasteiger partial charge on any atom is 0.410 e. The van der Waals surface area contributed by atoms with Gasteiger partial charge in [0.05, 0.1) is 0 Å². The van der Waals surface area contributed by atoms with Crippen LogP contribution in [0.5, 0.6) is 0 Å². The fourth-order valence-corrected chi connectivity index (χ4v) is 3.60. The summed E-state index contributed by atoms with van der Waals surface area (Å²) in [7, 11) is 1.96. The molecule has 2 aromatic rings. The number of hydrogen-bond acceptors (Lipinski definition) is 2. The summed E-state index contributed by atoms with van der Waals surface area (Å²) in [6.45, 7) is 7.19. The lowest BCUT2D eigenvalue weighted by atomic mass is 9.90. The van der Waals surface area contributed by atoms with Gasteiger partial charge in [0.2, 0.25) is 0 Å². The van der Waals surface area contributed by atoms with E-state index in [4.69, 9.17) is 16.3 Å². The maximum atomic E-state index is 12.4. The monoisotopic (exact) mass is 374 g/mol. The van der Waals surface area contributed by atoms with Crippen molar-refractivity contribution in [2.75, 3.05) is 13.1 Å². The number of piperidine rings is 1. The first kappa shape index (κ1) is 18.8. The van der Waals surface area contributed by atoms with Crippen molar-refractivity contribution in [1.29, 1.82) is 0 Å². The van der Waals surface area contributed by atoms with Crippen LogP contribution in [0.4, 0.5) is 4.79 Å². The van der Waals surface area contributed by atoms with Crippen LogP contribution in [-0.4, -0.2) is 34.3 Å². The lowest BCUT2D eigenvalue weighted by Crippen LogP contribution is -2.42. The summed E-state index contributed by atoms with van der Waals surface area (Å²) in [6.07, 6.45) is 1.88. The van der Waals surface area contributed by atoms with E-state index in [1.165, 1.54) is 5.56 Å². The lowest BCUT2D eigenvalue weighted by Gasteiger charge is -2.34. The number of likely N-dealkylation sites (tertiary alicyclic amines) is 1. The van der Waals surface area contributed by atoms with Crippen LogP contribution in [0.3, 0.4) is 0 Å². The zero-order valence-corrected chi connectivity index (χ0v) is 16.7. The highest BCUT2D eigenvalue weighted by Gasteiger charge is 2.28. The van der Waals surface area contributed by atoms with Gasteiger partial charge in [-0.3, -0.25) is 0 Å². The molecule has 1 amide bonds. The van der Waals surface area contributed by atoms with Crippen LogP contribution < -0.4 is 0 Å². The zero-order chi connectivity index (χ0) is 18.9. The highest BCUT2D eigenvalue weighted by molar-refractivity contribution is 6.29. The predicted octanol–water partition coefficient (Wildman–Crippen LogP) is 5.46. The average molecular weight is 375 g/mol. The Hall–Kier alpha value is -1.94. The Morgan fingerprint density at radius 3 is 2.42 bits per heavy atom. The van der Waals surface area contributed by atoms with Crippen molar-refractivity contribution >= 4 is 17.7 Å². The van der Waals surface area contributed by atoms with E-state index in [0.717, 1.165) is 35.8 Å². The van der Waals surface area contributed by atoms with Gasteiger partial charge in [0.25, 0.3) is 0 Å². The third kappa shape index (κ3) is 4.24. The number of hydrogen-bond donors (Lipinski definition) is 0. The molecular formula is C21H27ClN2O2. The number of rotatable bonds is 2. The molecule has 0 aliphatic carbocycles. The molecule has 26 heavy (non-hydrogen) atoms. The average Bonchev–Trinajstić information content (AvgIpc) is 2.93. The van der Waals surface area contributed by atoms with E-state index in [0.29, 0.717) is 12.5 Å². The van der Waals surface area contributed by atoms with Crippen LogP contribution in [0.25, 0.3) is 11.3 Å². The zero-order valence-electron chi connectivity index (χ0n) is 16.0. The van der Waals surface area contributed by atoms with Gasteiger partial charge in [0, 0.05) is 31.7 Å². The minimum Gasteiger partial charge on any atom is -0.444 e. The van der Waals surface area contributed by atoms with Gasteiger partial charge in [0.15, 0.2) is 0 Å². The number of halogens is 1. The van der Waals surface area contributed by atoms with Crippen LogP contribution in [0, 0.1) is 0 Å². The lowest BCUT2D eigenvalue weighted by molar-refractivity contribution is 0.0198. The van der Waals surface area contributed by atoms with Crippen molar-refractivity contribution in [3.8, 4) is 11.3 Å². The Labute approximate surface area is 160 Å². The molecule has 0 radical (unpaired) electrons. The summed E-state index contributed by atoms with van der Waals surface area (Å²) in [4.78, 5) is 14.2. The van der Waals surface area contributed by atoms with E-state index in [9.17, 15) is 4.79 Å². The Balaban J connectivity index is 1.71. The van der Waals surface area contributed by atoms with Gasteiger partial charge >= 0.3 is 6.09 Å². The van der Waals surface area contributed by atoms with Crippen LogP contribution in [0.2, 0.25) is 5.15 Å². The molecule has 1 atom stereocenters. The number of aromatic nitrogens is 1. The van der Waals surface area contributed by atoms with Crippen LogP contribution in [0.1, 0.15) is 45.1 Å². The Kier molecular flexibility index (Phi) is 5.33. The summed E-state index contributed by atoms with van der Waals surface area (Å²) in [5.74, 6) is 0.349. The molecule has 5 heteroatoms. The van der Waals surface area contributed by atoms with E-state index >= 15 is 0 Å². The van der Waals surface area contributed by atoms with Crippen LogP contribution in [0.15, 0.2) is 36.4 Å². The molecule has 1 saturated heterocycles. The molecule has 0 N–H and O–H groups in total. The molecule has 0 spiro atoms. The van der Waals surface area contributed by atoms with E-state index in [-0.39, 0.29) is 6.09 Å². The first-order valence-corrected chi connectivity index (χ1v) is 9.52. The number of benzene rings is 1. The van der Waals surface area contributed by atoms with Crippen molar-refractivity contribution in [1.82, 2.24) is 9.47 Å². The molecule has 0 saturated carbocycles. The number of nitrogens with zero attached hydrogens (tertiary/aromatic N) is 2. The molecule has 1 fully saturated rings. The first-order valence-electron chi connectivity index (χ1n) is 9.14. The smallest absolute Gasteiger partial charge is 0.410 e. The first-order chi connectivity index (χ1) is 12.2. The molecule has 1 aromatic carbocycles. The van der Waals surface area contributed by atoms with Crippen molar-refractivity contribution in [2.24, 2.45) is 7.05 Å². The molecule has 1 unspecified atom stereocenters. The maximum absolute atomic E-state index is 12.4. The van der Waals surface area contributed by atoms with E-state index in [1.54, 1.807) is 0 Å². The van der Waals surface area contributed by atoms with Crippen molar-refractivity contribution in [3.05, 3.63) is 47.1 Å². The van der Waals surface area contributed by atoms with Crippen LogP contribution >= 0.6 is 11.6 Å². The summed E-state index contributed by atoms with van der Waals surface area (Å²) in [6, 6.07) is 12.5. The van der Waals surface area contributed by atoms with Gasteiger partial charge in [-0.05, 0) is 56.9 Å². The summed E-state index contributed by atoms with van der Waals surface area (Å²) in [5, 5.41) is 0.726. The number of carbonyl (C=O) groups is 1. The molecule has 2 heterocycles. The normalized spacial score (nSPS) is 18.0. The van der Waals surface area contributed by atoms with Crippen LogP contribution in [-0.2, 0) is 11.8 Å². The summed E-state index contributed by atoms with van der Waals surface area (Å²) < 4.78 is 7.50. The third-order valence-corrected chi connectivity index (χ3v) is 5.19. The molecule has 1 aromatic heterocycles. The second-order valence-corrected chi connectivity index (χ2v) is 8.38. The molecule has 140 valence electrons. The second-order valence-electron chi connectivity index (χ2n) is 7.99. The molecule has 1 aliphatic rings. The third-order valence-electron chi connectivity index (χ3n) is 4.81. The van der Waals surface area contributed by atoms with E-state index < -0.39 is 5.60 Å². The van der Waals surface area contributed by atoms with Gasteiger partial charge < -0.3 is 14.2 Å². The van der Waals surface area contributed by atoms with Gasteiger partial charge in [-0.1, -0.05) is 35.9 Å². The van der Waals surface area contributed by atoms with Crippen molar-refractivity contribution in [2.45, 2.75) is 45.1 Å². The van der Waals surface area contributed by atoms with E-state index in [2.05, 4.69) is 24.3 Å². The molecule has 4 nitrogen and oxygen atoms in total. The predicted molar refractivity (Wildman–Crippen MR) is 106 cm³/mol.